The first-order valence-electron chi connectivity index (χ1n) is 9.54. The molecule has 10 heteroatoms. The van der Waals surface area contributed by atoms with Crippen molar-refractivity contribution in [2.45, 2.75) is 18.9 Å². The van der Waals surface area contributed by atoms with Gasteiger partial charge in [-0.15, -0.1) is 11.8 Å². The van der Waals surface area contributed by atoms with E-state index in [0.717, 1.165) is 25.9 Å². The Kier molecular flexibility index (Phi) is 6.06. The molecule has 1 N–H and O–H groups in total. The lowest BCUT2D eigenvalue weighted by Gasteiger charge is -2.24. The molecule has 2 aliphatic rings. The van der Waals surface area contributed by atoms with E-state index in [-0.39, 0.29) is 22.5 Å². The van der Waals surface area contributed by atoms with Crippen molar-refractivity contribution >= 4 is 46.8 Å². The molecule has 0 radical (unpaired) electrons. The third-order valence-corrected chi connectivity index (χ3v) is 6.34. The second-order valence-corrected chi connectivity index (χ2v) is 8.44. The highest BCUT2D eigenvalue weighted by Crippen LogP contribution is 2.27. The fraction of sp³-hybridized carbons (Fsp3) is 0.350. The number of carbonyl (C=O) groups is 2. The number of amides is 2. The minimum Gasteiger partial charge on any atom is -0.341 e. The number of benzene rings is 1. The molecule has 0 bridgehead atoms. The number of hydrogen-bond acceptors (Lipinski definition) is 7. The van der Waals surface area contributed by atoms with Crippen molar-refractivity contribution in [3.8, 4) is 6.07 Å². The van der Waals surface area contributed by atoms with Crippen LogP contribution in [0, 0.1) is 11.3 Å². The molecule has 2 amide bonds. The van der Waals surface area contributed by atoms with Gasteiger partial charge in [0.1, 0.15) is 6.04 Å². The Morgan fingerprint density at radius 1 is 1.23 bits per heavy atom. The summed E-state index contributed by atoms with van der Waals surface area (Å²) in [4.78, 5) is 38.2. The van der Waals surface area contributed by atoms with Gasteiger partial charge in [-0.1, -0.05) is 11.6 Å². The van der Waals surface area contributed by atoms with E-state index in [1.807, 2.05) is 11.0 Å². The molecule has 0 aliphatic carbocycles. The van der Waals surface area contributed by atoms with Gasteiger partial charge in [0.2, 0.25) is 11.9 Å². The highest BCUT2D eigenvalue weighted by molar-refractivity contribution is 7.99. The number of halogens is 1. The van der Waals surface area contributed by atoms with E-state index in [2.05, 4.69) is 15.3 Å². The fourth-order valence-corrected chi connectivity index (χ4v) is 4.75. The van der Waals surface area contributed by atoms with Gasteiger partial charge in [-0.2, -0.15) is 5.26 Å². The monoisotopic (exact) mass is 442 g/mol. The zero-order valence-corrected chi connectivity index (χ0v) is 17.6. The van der Waals surface area contributed by atoms with Crippen molar-refractivity contribution in [3.05, 3.63) is 46.7 Å². The molecule has 2 aromatic rings. The zero-order valence-electron chi connectivity index (χ0n) is 16.0. The second kappa shape index (κ2) is 8.90. The number of hydrogen-bond donors (Lipinski definition) is 1. The van der Waals surface area contributed by atoms with Gasteiger partial charge < -0.3 is 15.1 Å². The van der Waals surface area contributed by atoms with Gasteiger partial charge in [-0.3, -0.25) is 9.59 Å². The molecule has 8 nitrogen and oxygen atoms in total. The standard InChI is InChI=1S/C20H19ClN6O2S/c21-15-10-23-20(26-7-1-2-8-26)25-17(15)19(29)27-12-30-11-16(27)18(28)24-14-5-3-13(9-22)4-6-14/h3-6,10,16H,1-2,7-8,11-12H2,(H,24,28). The third-order valence-electron chi connectivity index (χ3n) is 5.05. The van der Waals surface area contributed by atoms with Crippen molar-refractivity contribution in [3.63, 3.8) is 0 Å². The van der Waals surface area contributed by atoms with Crippen molar-refractivity contribution in [2.75, 3.05) is 34.9 Å². The molecule has 0 spiro atoms. The van der Waals surface area contributed by atoms with Crippen molar-refractivity contribution in [2.24, 2.45) is 0 Å². The Labute approximate surface area is 183 Å². The van der Waals surface area contributed by atoms with E-state index in [1.54, 1.807) is 24.3 Å². The van der Waals surface area contributed by atoms with Crippen LogP contribution in [-0.2, 0) is 4.79 Å². The second-order valence-electron chi connectivity index (χ2n) is 7.03. The molecule has 2 fully saturated rings. The molecule has 0 saturated carbocycles. The first-order chi connectivity index (χ1) is 14.6. The van der Waals surface area contributed by atoms with Crippen molar-refractivity contribution < 1.29 is 9.59 Å². The maximum absolute atomic E-state index is 13.2. The predicted molar refractivity (Wildman–Crippen MR) is 116 cm³/mol. The minimum absolute atomic E-state index is 0.118. The Morgan fingerprint density at radius 3 is 2.67 bits per heavy atom. The Bertz CT molecular complexity index is 1000. The Morgan fingerprint density at radius 2 is 1.97 bits per heavy atom. The lowest BCUT2D eigenvalue weighted by Crippen LogP contribution is -2.45. The molecule has 154 valence electrons. The molecule has 1 aromatic carbocycles. The Balaban J connectivity index is 1.51. The van der Waals surface area contributed by atoms with Crippen molar-refractivity contribution in [1.82, 2.24) is 14.9 Å². The van der Waals surface area contributed by atoms with Gasteiger partial charge in [-0.05, 0) is 37.1 Å². The quantitative estimate of drug-likeness (QED) is 0.776. The van der Waals surface area contributed by atoms with E-state index in [9.17, 15) is 9.59 Å². The van der Waals surface area contributed by atoms with E-state index in [1.165, 1.54) is 22.9 Å². The summed E-state index contributed by atoms with van der Waals surface area (Å²) < 4.78 is 0. The molecule has 30 heavy (non-hydrogen) atoms. The van der Waals surface area contributed by atoms with Crippen LogP contribution < -0.4 is 10.2 Å². The van der Waals surface area contributed by atoms with Gasteiger partial charge in [0.25, 0.3) is 5.91 Å². The average molecular weight is 443 g/mol. The molecular weight excluding hydrogens is 424 g/mol. The number of rotatable bonds is 4. The van der Waals surface area contributed by atoms with E-state index in [4.69, 9.17) is 16.9 Å². The molecule has 1 atom stereocenters. The summed E-state index contributed by atoms with van der Waals surface area (Å²) in [7, 11) is 0. The van der Waals surface area contributed by atoms with Crippen LogP contribution in [0.2, 0.25) is 5.02 Å². The molecular formula is C20H19ClN6O2S. The van der Waals surface area contributed by atoms with Gasteiger partial charge in [0.15, 0.2) is 5.69 Å². The van der Waals surface area contributed by atoms with Gasteiger partial charge in [0.05, 0.1) is 28.7 Å². The lowest BCUT2D eigenvalue weighted by atomic mass is 10.2. The summed E-state index contributed by atoms with van der Waals surface area (Å²) in [5.74, 6) is 0.681. The number of nitriles is 1. The zero-order chi connectivity index (χ0) is 21.1. The number of aromatic nitrogens is 2. The smallest absolute Gasteiger partial charge is 0.275 e. The van der Waals surface area contributed by atoms with Gasteiger partial charge in [0, 0.05) is 24.5 Å². The van der Waals surface area contributed by atoms with Crippen LogP contribution in [0.4, 0.5) is 11.6 Å². The maximum atomic E-state index is 13.2. The van der Waals surface area contributed by atoms with Crippen molar-refractivity contribution in [1.29, 1.82) is 5.26 Å². The normalized spacial score (nSPS) is 18.3. The highest BCUT2D eigenvalue weighted by atomic mass is 35.5. The summed E-state index contributed by atoms with van der Waals surface area (Å²) in [6.07, 6.45) is 3.58. The SMILES string of the molecule is N#Cc1ccc(NC(=O)C2CSCN2C(=O)c2nc(N3CCCC3)ncc2Cl)cc1. The van der Waals surface area contributed by atoms with Crippen LogP contribution >= 0.6 is 23.4 Å². The number of anilines is 2. The number of nitrogens with zero attached hydrogens (tertiary/aromatic N) is 5. The van der Waals surface area contributed by atoms with Crippen LogP contribution in [0.15, 0.2) is 30.5 Å². The van der Waals surface area contributed by atoms with E-state index in [0.29, 0.717) is 28.8 Å². The Hall–Kier alpha value is -2.83. The average Bonchev–Trinajstić information content (AvgIpc) is 3.46. The molecule has 2 aliphatic heterocycles. The molecule has 2 saturated heterocycles. The molecule has 1 unspecified atom stereocenters. The van der Waals surface area contributed by atoms with Crippen LogP contribution in [0.5, 0.6) is 0 Å². The summed E-state index contributed by atoms with van der Waals surface area (Å²) in [5, 5.41) is 11.9. The van der Waals surface area contributed by atoms with E-state index < -0.39 is 6.04 Å². The predicted octanol–water partition coefficient (Wildman–Crippen LogP) is 2.76. The first-order valence-corrected chi connectivity index (χ1v) is 11.1. The minimum atomic E-state index is -0.639. The van der Waals surface area contributed by atoms with Crippen LogP contribution in [0.1, 0.15) is 28.9 Å². The third kappa shape index (κ3) is 4.20. The molecule has 1 aromatic heterocycles. The van der Waals surface area contributed by atoms with E-state index >= 15 is 0 Å². The number of thioether (sulfide) groups is 1. The summed E-state index contributed by atoms with van der Waals surface area (Å²) in [6, 6.07) is 7.97. The molecule has 4 rings (SSSR count). The van der Waals surface area contributed by atoms with Crippen LogP contribution in [-0.4, -0.2) is 57.4 Å². The van der Waals surface area contributed by atoms with Crippen LogP contribution in [0.3, 0.4) is 0 Å². The van der Waals surface area contributed by atoms with Gasteiger partial charge in [-0.25, -0.2) is 9.97 Å². The number of carbonyl (C=O) groups excluding carboxylic acids is 2. The van der Waals surface area contributed by atoms with Gasteiger partial charge >= 0.3 is 0 Å². The maximum Gasteiger partial charge on any atom is 0.275 e. The highest BCUT2D eigenvalue weighted by Gasteiger charge is 2.37. The largest absolute Gasteiger partial charge is 0.341 e. The summed E-state index contributed by atoms with van der Waals surface area (Å²) >= 11 is 7.74. The fourth-order valence-electron chi connectivity index (χ4n) is 3.43. The number of nitrogens with one attached hydrogen (secondary N) is 1. The van der Waals surface area contributed by atoms with Crippen LogP contribution in [0.25, 0.3) is 0 Å². The summed E-state index contributed by atoms with van der Waals surface area (Å²) in [6.45, 7) is 1.70. The topological polar surface area (TPSA) is 102 Å². The first kappa shape index (κ1) is 20.4. The molecule has 3 heterocycles. The lowest BCUT2D eigenvalue weighted by molar-refractivity contribution is -0.119. The summed E-state index contributed by atoms with van der Waals surface area (Å²) in [5.41, 5.74) is 1.19.